The van der Waals surface area contributed by atoms with Crippen LogP contribution in [0.2, 0.25) is 0 Å². The van der Waals surface area contributed by atoms with Gasteiger partial charge in [0, 0.05) is 6.42 Å². The van der Waals surface area contributed by atoms with Crippen LogP contribution in [0.5, 0.6) is 0 Å². The molecule has 0 amide bonds. The number of unbranched alkanes of at least 4 members (excludes halogenated alkanes) is 14. The van der Waals surface area contributed by atoms with E-state index in [1.54, 1.807) is 0 Å². The maximum absolute atomic E-state index is 11.4. The van der Waals surface area contributed by atoms with Crippen molar-refractivity contribution in [3.05, 3.63) is 0 Å². The van der Waals surface area contributed by atoms with Crippen molar-refractivity contribution in [1.82, 2.24) is 0 Å². The van der Waals surface area contributed by atoms with E-state index in [0.717, 1.165) is 19.4 Å². The summed E-state index contributed by atoms with van der Waals surface area (Å²) in [4.78, 5) is 11.4. The Morgan fingerprint density at radius 3 is 1.62 bits per heavy atom. The highest BCUT2D eigenvalue weighted by Crippen LogP contribution is 2.14. The minimum absolute atomic E-state index is 0.0554. The SMILES string of the molecule is CCCCCCCCCCCCCCCCCC(=O)OC[C@H]1CO1. The molecule has 0 unspecified atom stereocenters. The summed E-state index contributed by atoms with van der Waals surface area (Å²) in [7, 11) is 0. The molecular weight excluding hydrogens is 300 g/mol. The third-order valence-corrected chi connectivity index (χ3v) is 4.82. The standard InChI is InChI=1S/C21H40O3/c1-2-3-4-5-6-7-8-9-10-11-12-13-14-15-16-17-21(22)24-19-20-18-23-20/h20H,2-19H2,1H3/t20-/m1/s1. The van der Waals surface area contributed by atoms with Gasteiger partial charge in [-0.15, -0.1) is 0 Å². The van der Waals surface area contributed by atoms with Crippen LogP contribution < -0.4 is 0 Å². The van der Waals surface area contributed by atoms with Crippen LogP contribution in [0.25, 0.3) is 0 Å². The van der Waals surface area contributed by atoms with Gasteiger partial charge < -0.3 is 9.47 Å². The van der Waals surface area contributed by atoms with E-state index in [0.29, 0.717) is 13.0 Å². The van der Waals surface area contributed by atoms with Crippen LogP contribution in [0.15, 0.2) is 0 Å². The summed E-state index contributed by atoms with van der Waals surface area (Å²) < 4.78 is 10.1. The first-order chi connectivity index (χ1) is 11.8. The van der Waals surface area contributed by atoms with Gasteiger partial charge in [0.25, 0.3) is 0 Å². The Balaban J connectivity index is 1.66. The molecule has 0 radical (unpaired) electrons. The van der Waals surface area contributed by atoms with Gasteiger partial charge >= 0.3 is 5.97 Å². The van der Waals surface area contributed by atoms with Gasteiger partial charge in [0.1, 0.15) is 12.7 Å². The maximum Gasteiger partial charge on any atom is 0.305 e. The molecule has 0 aromatic carbocycles. The molecule has 0 bridgehead atoms. The lowest BCUT2D eigenvalue weighted by Crippen LogP contribution is -2.09. The number of epoxide rings is 1. The lowest BCUT2D eigenvalue weighted by Gasteiger charge is -2.04. The molecule has 0 spiro atoms. The summed E-state index contributed by atoms with van der Waals surface area (Å²) in [5, 5.41) is 0. The lowest BCUT2D eigenvalue weighted by molar-refractivity contribution is -0.144. The van der Waals surface area contributed by atoms with E-state index in [9.17, 15) is 4.79 Å². The fourth-order valence-corrected chi connectivity index (χ4v) is 3.06. The first-order valence-corrected chi connectivity index (χ1v) is 10.6. The second-order valence-electron chi connectivity index (χ2n) is 7.34. The largest absolute Gasteiger partial charge is 0.463 e. The van der Waals surface area contributed by atoms with Gasteiger partial charge in [0.2, 0.25) is 0 Å². The highest BCUT2D eigenvalue weighted by Gasteiger charge is 2.23. The molecule has 1 rings (SSSR count). The van der Waals surface area contributed by atoms with Crippen molar-refractivity contribution in [3.8, 4) is 0 Å². The van der Waals surface area contributed by atoms with E-state index < -0.39 is 0 Å². The quantitative estimate of drug-likeness (QED) is 0.170. The lowest BCUT2D eigenvalue weighted by atomic mass is 10.0. The third kappa shape index (κ3) is 15.0. The van der Waals surface area contributed by atoms with Gasteiger partial charge in [-0.05, 0) is 6.42 Å². The summed E-state index contributed by atoms with van der Waals surface area (Å²) in [5.74, 6) is -0.0554. The number of ether oxygens (including phenoxy) is 2. The maximum atomic E-state index is 11.4. The topological polar surface area (TPSA) is 38.8 Å². The highest BCUT2D eigenvalue weighted by molar-refractivity contribution is 5.69. The monoisotopic (exact) mass is 340 g/mol. The van der Waals surface area contributed by atoms with E-state index in [4.69, 9.17) is 9.47 Å². The second kappa shape index (κ2) is 15.9. The molecule has 0 aliphatic carbocycles. The molecule has 3 heteroatoms. The van der Waals surface area contributed by atoms with E-state index in [1.165, 1.54) is 83.5 Å². The number of hydrogen-bond acceptors (Lipinski definition) is 3. The fourth-order valence-electron chi connectivity index (χ4n) is 3.06. The van der Waals surface area contributed by atoms with Crippen molar-refractivity contribution in [3.63, 3.8) is 0 Å². The summed E-state index contributed by atoms with van der Waals surface area (Å²) in [6.07, 6.45) is 21.0. The van der Waals surface area contributed by atoms with Crippen molar-refractivity contribution in [2.45, 2.75) is 116 Å². The molecule has 1 atom stereocenters. The number of carbonyl (C=O) groups is 1. The third-order valence-electron chi connectivity index (χ3n) is 4.82. The van der Waals surface area contributed by atoms with Crippen LogP contribution in [0, 0.1) is 0 Å². The summed E-state index contributed by atoms with van der Waals surface area (Å²) >= 11 is 0. The Bertz CT molecular complexity index is 287. The van der Waals surface area contributed by atoms with Gasteiger partial charge in [-0.3, -0.25) is 4.79 Å². The molecule has 0 saturated carbocycles. The molecule has 1 heterocycles. The molecule has 1 saturated heterocycles. The van der Waals surface area contributed by atoms with Crippen LogP contribution >= 0.6 is 0 Å². The number of rotatable bonds is 18. The van der Waals surface area contributed by atoms with E-state index in [2.05, 4.69) is 6.92 Å². The van der Waals surface area contributed by atoms with Gasteiger partial charge in [-0.25, -0.2) is 0 Å². The Morgan fingerprint density at radius 2 is 1.21 bits per heavy atom. The van der Waals surface area contributed by atoms with Gasteiger partial charge in [-0.1, -0.05) is 96.8 Å². The Morgan fingerprint density at radius 1 is 0.792 bits per heavy atom. The van der Waals surface area contributed by atoms with Crippen LogP contribution in [-0.4, -0.2) is 25.3 Å². The molecule has 1 aliphatic rings. The Kier molecular flexibility index (Phi) is 14.3. The number of esters is 1. The van der Waals surface area contributed by atoms with Crippen molar-refractivity contribution in [1.29, 1.82) is 0 Å². The van der Waals surface area contributed by atoms with Crippen LogP contribution in [0.4, 0.5) is 0 Å². The molecule has 1 fully saturated rings. The van der Waals surface area contributed by atoms with Crippen molar-refractivity contribution >= 4 is 5.97 Å². The molecule has 0 N–H and O–H groups in total. The average molecular weight is 341 g/mol. The summed E-state index contributed by atoms with van der Waals surface area (Å²) in [6, 6.07) is 0. The van der Waals surface area contributed by atoms with Crippen LogP contribution in [-0.2, 0) is 14.3 Å². The summed E-state index contributed by atoms with van der Waals surface area (Å²) in [5.41, 5.74) is 0. The fraction of sp³-hybridized carbons (Fsp3) is 0.952. The Labute approximate surface area is 149 Å². The zero-order valence-electron chi connectivity index (χ0n) is 16.0. The van der Waals surface area contributed by atoms with Crippen molar-refractivity contribution < 1.29 is 14.3 Å². The van der Waals surface area contributed by atoms with Gasteiger partial charge in [0.05, 0.1) is 6.61 Å². The van der Waals surface area contributed by atoms with Gasteiger partial charge in [0.15, 0.2) is 0 Å². The van der Waals surface area contributed by atoms with Gasteiger partial charge in [-0.2, -0.15) is 0 Å². The number of hydrogen-bond donors (Lipinski definition) is 0. The first-order valence-electron chi connectivity index (χ1n) is 10.6. The Hall–Kier alpha value is -0.570. The van der Waals surface area contributed by atoms with Crippen molar-refractivity contribution in [2.24, 2.45) is 0 Å². The normalized spacial score (nSPS) is 16.3. The zero-order valence-corrected chi connectivity index (χ0v) is 16.0. The predicted octanol–water partition coefficient (Wildman–Crippen LogP) is 6.19. The van der Waals surface area contributed by atoms with Crippen LogP contribution in [0.3, 0.4) is 0 Å². The minimum Gasteiger partial charge on any atom is -0.463 e. The summed E-state index contributed by atoms with van der Waals surface area (Å²) in [6.45, 7) is 3.49. The minimum atomic E-state index is -0.0554. The highest BCUT2D eigenvalue weighted by atomic mass is 16.6. The molecule has 0 aromatic rings. The molecule has 1 aliphatic heterocycles. The molecular formula is C21H40O3. The molecule has 24 heavy (non-hydrogen) atoms. The second-order valence-corrected chi connectivity index (χ2v) is 7.34. The van der Waals surface area contributed by atoms with Crippen molar-refractivity contribution in [2.75, 3.05) is 13.2 Å². The van der Waals surface area contributed by atoms with Crippen LogP contribution in [0.1, 0.15) is 110 Å². The predicted molar refractivity (Wildman–Crippen MR) is 100 cm³/mol. The smallest absolute Gasteiger partial charge is 0.305 e. The van der Waals surface area contributed by atoms with E-state index >= 15 is 0 Å². The molecule has 3 nitrogen and oxygen atoms in total. The molecule has 0 aromatic heterocycles. The first kappa shape index (κ1) is 21.5. The van der Waals surface area contributed by atoms with E-state index in [1.807, 2.05) is 0 Å². The average Bonchev–Trinajstić information content (AvgIpc) is 3.41. The molecule has 142 valence electrons. The van der Waals surface area contributed by atoms with E-state index in [-0.39, 0.29) is 12.1 Å². The zero-order chi connectivity index (χ0) is 17.3. The number of carbonyl (C=O) groups excluding carboxylic acids is 1.